The van der Waals surface area contributed by atoms with E-state index in [2.05, 4.69) is 25.6 Å². The van der Waals surface area contributed by atoms with Gasteiger partial charge in [-0.1, -0.05) is 0 Å². The predicted molar refractivity (Wildman–Crippen MR) is 45.3 cm³/mol. The third-order valence-corrected chi connectivity index (χ3v) is 1.69. The summed E-state index contributed by atoms with van der Waals surface area (Å²) in [4.78, 5) is 10.5. The molecule has 0 saturated carbocycles. The summed E-state index contributed by atoms with van der Waals surface area (Å²) >= 11 is 0. The van der Waals surface area contributed by atoms with Crippen LogP contribution in [0.2, 0.25) is 0 Å². The van der Waals surface area contributed by atoms with Crippen LogP contribution in [0.4, 0.5) is 0 Å². The Kier molecular flexibility index (Phi) is 1.98. The number of aliphatic carboxylic acids is 1. The topological polar surface area (TPSA) is 108 Å². The summed E-state index contributed by atoms with van der Waals surface area (Å²) in [5.41, 5.74) is 1.53. The molecule has 0 unspecified atom stereocenters. The molecule has 0 aliphatic heterocycles. The lowest BCUT2D eigenvalue weighted by atomic mass is 10.2. The van der Waals surface area contributed by atoms with Crippen molar-refractivity contribution in [2.24, 2.45) is 0 Å². The van der Waals surface area contributed by atoms with Crippen LogP contribution in [0.1, 0.15) is 5.69 Å². The second kappa shape index (κ2) is 3.29. The number of nitrogens with zero attached hydrogens (tertiary/aromatic N) is 3. The highest BCUT2D eigenvalue weighted by molar-refractivity contribution is 5.72. The summed E-state index contributed by atoms with van der Waals surface area (Å²) in [6.07, 6.45) is 1.40. The quantitative estimate of drug-likeness (QED) is 0.626. The summed E-state index contributed by atoms with van der Waals surface area (Å²) in [5.74, 6) is -0.945. The molecule has 0 spiro atoms. The summed E-state index contributed by atoms with van der Waals surface area (Å²) in [7, 11) is 0. The first-order valence-corrected chi connectivity index (χ1v) is 3.88. The van der Waals surface area contributed by atoms with E-state index in [-0.39, 0.29) is 6.42 Å². The van der Waals surface area contributed by atoms with Crippen molar-refractivity contribution in [1.29, 1.82) is 0 Å². The molecule has 0 fully saturated rings. The Morgan fingerprint density at radius 3 is 3.00 bits per heavy atom. The van der Waals surface area contributed by atoms with Crippen molar-refractivity contribution < 1.29 is 9.90 Å². The molecule has 0 bridgehead atoms. The van der Waals surface area contributed by atoms with E-state index in [9.17, 15) is 4.79 Å². The van der Waals surface area contributed by atoms with Crippen LogP contribution < -0.4 is 0 Å². The van der Waals surface area contributed by atoms with Gasteiger partial charge in [0.2, 0.25) is 0 Å². The average Bonchev–Trinajstić information content (AvgIpc) is 2.70. The predicted octanol–water partition coefficient (Wildman–Crippen LogP) is -0.178. The van der Waals surface area contributed by atoms with Crippen LogP contribution in [0.15, 0.2) is 12.3 Å². The van der Waals surface area contributed by atoms with Crippen LogP contribution in [0.3, 0.4) is 0 Å². The third kappa shape index (κ3) is 1.47. The molecule has 2 aromatic rings. The first kappa shape index (κ1) is 8.42. The lowest BCUT2D eigenvalue weighted by Gasteiger charge is -1.93. The molecule has 0 atom stereocenters. The highest BCUT2D eigenvalue weighted by Gasteiger charge is 2.13. The van der Waals surface area contributed by atoms with Gasteiger partial charge >= 0.3 is 5.97 Å². The number of rotatable bonds is 3. The molecule has 0 saturated heterocycles. The van der Waals surface area contributed by atoms with E-state index in [0.29, 0.717) is 17.1 Å². The molecule has 14 heavy (non-hydrogen) atoms. The van der Waals surface area contributed by atoms with E-state index in [0.717, 1.165) is 0 Å². The normalized spacial score (nSPS) is 10.3. The van der Waals surface area contributed by atoms with Crippen molar-refractivity contribution >= 4 is 5.97 Å². The maximum atomic E-state index is 10.5. The molecule has 0 aliphatic rings. The molecular formula is C7H7N5O2. The molecule has 72 valence electrons. The van der Waals surface area contributed by atoms with E-state index < -0.39 is 5.97 Å². The van der Waals surface area contributed by atoms with Crippen molar-refractivity contribution in [3.63, 3.8) is 0 Å². The Bertz CT molecular complexity index is 433. The number of hydrogen-bond donors (Lipinski definition) is 3. The number of nitrogens with one attached hydrogen (secondary N) is 2. The molecule has 2 rings (SSSR count). The lowest BCUT2D eigenvalue weighted by molar-refractivity contribution is -0.136. The van der Waals surface area contributed by atoms with E-state index in [1.54, 1.807) is 12.3 Å². The second-order valence-corrected chi connectivity index (χ2v) is 2.66. The number of carbonyl (C=O) groups is 1. The SMILES string of the molecule is O=C(O)Cc1n[nH]nc1-c1ccn[nH]1. The maximum Gasteiger partial charge on any atom is 0.309 e. The number of H-pyrrole nitrogens is 2. The summed E-state index contributed by atoms with van der Waals surface area (Å²) in [5, 5.41) is 25.0. The van der Waals surface area contributed by atoms with Gasteiger partial charge in [0.1, 0.15) is 11.4 Å². The number of carboxylic acids is 1. The molecule has 7 heteroatoms. The molecule has 0 amide bonds. The number of carboxylic acid groups (broad SMARTS) is 1. The largest absolute Gasteiger partial charge is 0.481 e. The van der Waals surface area contributed by atoms with Gasteiger partial charge in [0.05, 0.1) is 12.1 Å². The minimum atomic E-state index is -0.945. The Morgan fingerprint density at radius 1 is 1.50 bits per heavy atom. The minimum Gasteiger partial charge on any atom is -0.481 e. The Labute approximate surface area is 78.2 Å². The van der Waals surface area contributed by atoms with Crippen molar-refractivity contribution in [2.75, 3.05) is 0 Å². The molecule has 2 aromatic heterocycles. The smallest absolute Gasteiger partial charge is 0.309 e. The van der Waals surface area contributed by atoms with Crippen LogP contribution in [-0.4, -0.2) is 36.7 Å². The zero-order valence-corrected chi connectivity index (χ0v) is 7.06. The molecule has 3 N–H and O–H groups in total. The Hall–Kier alpha value is -2.18. The van der Waals surface area contributed by atoms with Crippen molar-refractivity contribution in [3.05, 3.63) is 18.0 Å². The van der Waals surface area contributed by atoms with Crippen LogP contribution in [0.5, 0.6) is 0 Å². The Balaban J connectivity index is 2.35. The van der Waals surface area contributed by atoms with Gasteiger partial charge in [-0.3, -0.25) is 9.89 Å². The highest BCUT2D eigenvalue weighted by atomic mass is 16.4. The second-order valence-electron chi connectivity index (χ2n) is 2.66. The van der Waals surface area contributed by atoms with Crippen LogP contribution in [0, 0.1) is 0 Å². The first-order valence-electron chi connectivity index (χ1n) is 3.88. The molecular weight excluding hydrogens is 186 g/mol. The van der Waals surface area contributed by atoms with Crippen LogP contribution in [0.25, 0.3) is 11.4 Å². The van der Waals surface area contributed by atoms with Gasteiger partial charge in [-0.05, 0) is 6.07 Å². The molecule has 0 aromatic carbocycles. The number of aromatic amines is 2. The highest BCUT2D eigenvalue weighted by Crippen LogP contribution is 2.16. The fraction of sp³-hybridized carbons (Fsp3) is 0.143. The summed E-state index contributed by atoms with van der Waals surface area (Å²) in [6, 6.07) is 1.70. The number of hydrogen-bond acceptors (Lipinski definition) is 4. The molecule has 7 nitrogen and oxygen atoms in total. The lowest BCUT2D eigenvalue weighted by Crippen LogP contribution is -2.02. The fourth-order valence-corrected chi connectivity index (χ4v) is 1.12. The zero-order chi connectivity index (χ0) is 9.97. The fourth-order valence-electron chi connectivity index (χ4n) is 1.12. The van der Waals surface area contributed by atoms with Crippen molar-refractivity contribution in [1.82, 2.24) is 25.6 Å². The van der Waals surface area contributed by atoms with E-state index >= 15 is 0 Å². The Morgan fingerprint density at radius 2 is 2.36 bits per heavy atom. The van der Waals surface area contributed by atoms with Gasteiger partial charge in [0.15, 0.2) is 0 Å². The minimum absolute atomic E-state index is 0.162. The monoisotopic (exact) mass is 193 g/mol. The molecule has 0 aliphatic carbocycles. The summed E-state index contributed by atoms with van der Waals surface area (Å²) < 4.78 is 0. The van der Waals surface area contributed by atoms with Gasteiger partial charge in [0, 0.05) is 6.20 Å². The van der Waals surface area contributed by atoms with Gasteiger partial charge in [-0.15, -0.1) is 0 Å². The van der Waals surface area contributed by atoms with Gasteiger partial charge in [-0.25, -0.2) is 0 Å². The molecule has 2 heterocycles. The zero-order valence-electron chi connectivity index (χ0n) is 7.06. The maximum absolute atomic E-state index is 10.5. The van der Waals surface area contributed by atoms with E-state index in [1.807, 2.05) is 0 Å². The molecule has 0 radical (unpaired) electrons. The third-order valence-electron chi connectivity index (χ3n) is 1.69. The number of aromatic nitrogens is 5. The van der Waals surface area contributed by atoms with Crippen LogP contribution in [-0.2, 0) is 11.2 Å². The average molecular weight is 193 g/mol. The van der Waals surface area contributed by atoms with Gasteiger partial charge in [-0.2, -0.15) is 20.5 Å². The van der Waals surface area contributed by atoms with E-state index in [4.69, 9.17) is 5.11 Å². The van der Waals surface area contributed by atoms with Crippen LogP contribution >= 0.6 is 0 Å². The first-order chi connectivity index (χ1) is 6.77. The standard InChI is InChI=1S/C7H7N5O2/c13-6(14)3-5-7(11-12-10-5)4-1-2-8-9-4/h1-2H,3H2,(H,8,9)(H,13,14)(H,10,11,12). The summed E-state index contributed by atoms with van der Waals surface area (Å²) in [6.45, 7) is 0. The van der Waals surface area contributed by atoms with Crippen molar-refractivity contribution in [2.45, 2.75) is 6.42 Å². The van der Waals surface area contributed by atoms with Gasteiger partial charge < -0.3 is 5.11 Å². The van der Waals surface area contributed by atoms with Crippen molar-refractivity contribution in [3.8, 4) is 11.4 Å². The van der Waals surface area contributed by atoms with Gasteiger partial charge in [0.25, 0.3) is 0 Å². The van der Waals surface area contributed by atoms with E-state index in [1.165, 1.54) is 0 Å².